The Morgan fingerprint density at radius 1 is 0.926 bits per heavy atom. The fraction of sp³-hybridized carbons (Fsp3) is 0.0909. The molecule has 0 saturated heterocycles. The van der Waals surface area contributed by atoms with Gasteiger partial charge in [0.15, 0.2) is 5.11 Å². The maximum Gasteiger partial charge on any atom is 0.194 e. The largest absolute Gasteiger partial charge is 0.331 e. The third kappa shape index (κ3) is 4.02. The van der Waals surface area contributed by atoms with Crippen LogP contribution in [0.5, 0.6) is 0 Å². The molecular weight excluding hydrogens is 374 g/mol. The Morgan fingerprint density at radius 2 is 1.56 bits per heavy atom. The molecule has 0 amide bonds. The molecule has 0 aliphatic carbocycles. The standard InChI is InChI=1S/C22H18ClN3S/c23-18-13-11-16(12-14-18)20-15-21(17-7-3-1-4-8-17)26(25-20)22(27)24-19-9-5-2-6-10-19/h1-14,21H,15H2,(H,24,27). The summed E-state index contributed by atoms with van der Waals surface area (Å²) in [6.07, 6.45) is 0.780. The molecular formula is C22H18ClN3S. The molecule has 1 N–H and O–H groups in total. The Morgan fingerprint density at radius 3 is 2.22 bits per heavy atom. The smallest absolute Gasteiger partial charge is 0.194 e. The van der Waals surface area contributed by atoms with Gasteiger partial charge in [0.25, 0.3) is 0 Å². The van der Waals surface area contributed by atoms with Crippen molar-refractivity contribution in [2.24, 2.45) is 5.10 Å². The molecule has 3 aromatic rings. The Balaban J connectivity index is 1.65. The summed E-state index contributed by atoms with van der Waals surface area (Å²) in [7, 11) is 0. The lowest BCUT2D eigenvalue weighted by molar-refractivity contribution is 0.375. The second-order valence-corrected chi connectivity index (χ2v) is 7.15. The molecule has 0 spiro atoms. The van der Waals surface area contributed by atoms with Crippen LogP contribution in [0.15, 0.2) is 90.0 Å². The number of rotatable bonds is 3. The first kappa shape index (κ1) is 17.7. The van der Waals surface area contributed by atoms with E-state index >= 15 is 0 Å². The Hall–Kier alpha value is -2.69. The van der Waals surface area contributed by atoms with Crippen molar-refractivity contribution >= 4 is 40.3 Å². The number of hydrogen-bond acceptors (Lipinski definition) is 2. The lowest BCUT2D eigenvalue weighted by Crippen LogP contribution is -2.31. The molecule has 0 saturated carbocycles. The Kier molecular flexibility index (Phi) is 5.19. The van der Waals surface area contributed by atoms with Crippen LogP contribution >= 0.6 is 23.8 Å². The third-order valence-electron chi connectivity index (χ3n) is 4.51. The van der Waals surface area contributed by atoms with Gasteiger partial charge in [-0.25, -0.2) is 5.01 Å². The topological polar surface area (TPSA) is 27.6 Å². The van der Waals surface area contributed by atoms with Gasteiger partial charge in [0.2, 0.25) is 0 Å². The molecule has 1 aliphatic heterocycles. The van der Waals surface area contributed by atoms with Gasteiger partial charge in [-0.2, -0.15) is 5.10 Å². The van der Waals surface area contributed by atoms with Crippen LogP contribution in [0.3, 0.4) is 0 Å². The van der Waals surface area contributed by atoms with Gasteiger partial charge in [0, 0.05) is 17.1 Å². The Bertz CT molecular complexity index is 956. The van der Waals surface area contributed by atoms with Crippen molar-refractivity contribution in [3.05, 3.63) is 101 Å². The van der Waals surface area contributed by atoms with Crippen LogP contribution < -0.4 is 5.32 Å². The summed E-state index contributed by atoms with van der Waals surface area (Å²) < 4.78 is 0. The van der Waals surface area contributed by atoms with Crippen LogP contribution in [0.4, 0.5) is 5.69 Å². The fourth-order valence-electron chi connectivity index (χ4n) is 3.15. The number of anilines is 1. The monoisotopic (exact) mass is 391 g/mol. The zero-order valence-corrected chi connectivity index (χ0v) is 16.1. The second-order valence-electron chi connectivity index (χ2n) is 6.32. The average molecular weight is 392 g/mol. The molecule has 1 heterocycles. The molecule has 3 nitrogen and oxygen atoms in total. The predicted molar refractivity (Wildman–Crippen MR) is 116 cm³/mol. The first-order valence-electron chi connectivity index (χ1n) is 8.74. The summed E-state index contributed by atoms with van der Waals surface area (Å²) in [5.74, 6) is 0. The van der Waals surface area contributed by atoms with Crippen molar-refractivity contribution in [2.45, 2.75) is 12.5 Å². The molecule has 1 unspecified atom stereocenters. The molecule has 0 bridgehead atoms. The van der Waals surface area contributed by atoms with E-state index in [0.717, 1.165) is 28.4 Å². The number of hydrogen-bond donors (Lipinski definition) is 1. The highest BCUT2D eigenvalue weighted by atomic mass is 35.5. The number of nitrogens with one attached hydrogen (secondary N) is 1. The lowest BCUT2D eigenvalue weighted by atomic mass is 9.99. The van der Waals surface area contributed by atoms with E-state index in [1.165, 1.54) is 5.56 Å². The van der Waals surface area contributed by atoms with Gasteiger partial charge in [0.05, 0.1) is 11.8 Å². The van der Waals surface area contributed by atoms with Crippen LogP contribution in [-0.2, 0) is 0 Å². The zero-order chi connectivity index (χ0) is 18.6. The molecule has 4 rings (SSSR count). The predicted octanol–water partition coefficient (Wildman–Crippen LogP) is 5.89. The molecule has 134 valence electrons. The quantitative estimate of drug-likeness (QED) is 0.564. The lowest BCUT2D eigenvalue weighted by Gasteiger charge is -2.24. The highest BCUT2D eigenvalue weighted by Gasteiger charge is 2.31. The number of benzene rings is 3. The Labute approximate surface area is 169 Å². The molecule has 1 atom stereocenters. The van der Waals surface area contributed by atoms with Gasteiger partial charge < -0.3 is 5.32 Å². The molecule has 27 heavy (non-hydrogen) atoms. The van der Waals surface area contributed by atoms with Crippen molar-refractivity contribution in [2.75, 3.05) is 5.32 Å². The van der Waals surface area contributed by atoms with E-state index in [4.69, 9.17) is 28.9 Å². The van der Waals surface area contributed by atoms with Gasteiger partial charge in [0.1, 0.15) is 0 Å². The van der Waals surface area contributed by atoms with E-state index in [9.17, 15) is 0 Å². The van der Waals surface area contributed by atoms with Crippen LogP contribution in [0.1, 0.15) is 23.6 Å². The molecule has 1 aliphatic rings. The minimum atomic E-state index is 0.0561. The molecule has 3 aromatic carbocycles. The molecule has 0 aromatic heterocycles. The number of nitrogens with zero attached hydrogens (tertiary/aromatic N) is 2. The first-order chi connectivity index (χ1) is 13.2. The average Bonchev–Trinajstić information content (AvgIpc) is 3.16. The molecule has 0 radical (unpaired) electrons. The van der Waals surface area contributed by atoms with Crippen LogP contribution in [0, 0.1) is 0 Å². The number of para-hydroxylation sites is 1. The molecule has 0 fully saturated rings. The van der Waals surface area contributed by atoms with Gasteiger partial charge in [-0.05, 0) is 47.6 Å². The minimum Gasteiger partial charge on any atom is -0.331 e. The number of hydrazone groups is 1. The van der Waals surface area contributed by atoms with E-state index in [1.54, 1.807) is 0 Å². The fourth-order valence-corrected chi connectivity index (χ4v) is 3.56. The number of thiocarbonyl (C=S) groups is 1. The van der Waals surface area contributed by atoms with E-state index < -0.39 is 0 Å². The van der Waals surface area contributed by atoms with Crippen LogP contribution in [-0.4, -0.2) is 15.8 Å². The molecule has 5 heteroatoms. The first-order valence-corrected chi connectivity index (χ1v) is 9.53. The highest BCUT2D eigenvalue weighted by molar-refractivity contribution is 7.80. The van der Waals surface area contributed by atoms with Crippen molar-refractivity contribution in [3.63, 3.8) is 0 Å². The third-order valence-corrected chi connectivity index (χ3v) is 5.05. The summed E-state index contributed by atoms with van der Waals surface area (Å²) in [6, 6.07) is 28.1. The van der Waals surface area contributed by atoms with Crippen molar-refractivity contribution < 1.29 is 0 Å². The van der Waals surface area contributed by atoms with Gasteiger partial charge in [-0.1, -0.05) is 72.3 Å². The maximum absolute atomic E-state index is 6.03. The van der Waals surface area contributed by atoms with Crippen molar-refractivity contribution in [1.82, 2.24) is 5.01 Å². The van der Waals surface area contributed by atoms with Crippen molar-refractivity contribution in [3.8, 4) is 0 Å². The van der Waals surface area contributed by atoms with Gasteiger partial charge in [-0.15, -0.1) is 0 Å². The number of halogens is 1. The summed E-state index contributed by atoms with van der Waals surface area (Å²) in [6.45, 7) is 0. The van der Waals surface area contributed by atoms with Gasteiger partial charge in [-0.3, -0.25) is 0 Å². The highest BCUT2D eigenvalue weighted by Crippen LogP contribution is 2.33. The SMILES string of the molecule is S=C(Nc1ccccc1)N1N=C(c2ccc(Cl)cc2)CC1c1ccccc1. The maximum atomic E-state index is 6.03. The summed E-state index contributed by atoms with van der Waals surface area (Å²) >= 11 is 11.7. The van der Waals surface area contributed by atoms with Crippen LogP contribution in [0.25, 0.3) is 0 Å². The van der Waals surface area contributed by atoms with Crippen LogP contribution in [0.2, 0.25) is 5.02 Å². The summed E-state index contributed by atoms with van der Waals surface area (Å²) in [4.78, 5) is 0. The minimum absolute atomic E-state index is 0.0561. The second kappa shape index (κ2) is 7.91. The van der Waals surface area contributed by atoms with Gasteiger partial charge >= 0.3 is 0 Å². The van der Waals surface area contributed by atoms with E-state index in [0.29, 0.717) is 5.11 Å². The zero-order valence-electron chi connectivity index (χ0n) is 14.5. The van der Waals surface area contributed by atoms with E-state index in [2.05, 4.69) is 17.4 Å². The van der Waals surface area contributed by atoms with Crippen molar-refractivity contribution in [1.29, 1.82) is 0 Å². The summed E-state index contributed by atoms with van der Waals surface area (Å²) in [5.41, 5.74) is 4.19. The summed E-state index contributed by atoms with van der Waals surface area (Å²) in [5, 5.41) is 11.3. The van der Waals surface area contributed by atoms with E-state index in [-0.39, 0.29) is 6.04 Å². The normalized spacial score (nSPS) is 16.1. The van der Waals surface area contributed by atoms with E-state index in [1.807, 2.05) is 77.8 Å².